The van der Waals surface area contributed by atoms with Crippen molar-refractivity contribution >= 4 is 22.8 Å². The van der Waals surface area contributed by atoms with E-state index in [2.05, 4.69) is 10.2 Å². The summed E-state index contributed by atoms with van der Waals surface area (Å²) in [5.41, 5.74) is 6.84. The Morgan fingerprint density at radius 3 is 2.83 bits per heavy atom. The number of primary amides is 1. The quantitative estimate of drug-likeness (QED) is 0.672. The molecule has 0 aliphatic carbocycles. The number of nitrogens with one attached hydrogen (secondary N) is 1. The SMILES string of the molecule is NC(=O)COc1cccc(COC(=O)c2cccc3cn[nH]c23)c1. The molecule has 2 aromatic carbocycles. The van der Waals surface area contributed by atoms with Crippen molar-refractivity contribution in [2.75, 3.05) is 6.61 Å². The summed E-state index contributed by atoms with van der Waals surface area (Å²) in [5.74, 6) is -0.522. The van der Waals surface area contributed by atoms with Crippen molar-refractivity contribution in [1.82, 2.24) is 10.2 Å². The smallest absolute Gasteiger partial charge is 0.340 e. The van der Waals surface area contributed by atoms with E-state index in [1.54, 1.807) is 42.6 Å². The zero-order valence-electron chi connectivity index (χ0n) is 12.7. The van der Waals surface area contributed by atoms with Crippen molar-refractivity contribution in [1.29, 1.82) is 0 Å². The van der Waals surface area contributed by atoms with Crippen molar-refractivity contribution in [2.45, 2.75) is 6.61 Å². The van der Waals surface area contributed by atoms with Gasteiger partial charge in [-0.3, -0.25) is 9.89 Å². The van der Waals surface area contributed by atoms with Crippen LogP contribution in [0.3, 0.4) is 0 Å². The number of para-hydroxylation sites is 1. The number of aromatic nitrogens is 2. The molecule has 0 bridgehead atoms. The first-order valence-electron chi connectivity index (χ1n) is 7.23. The van der Waals surface area contributed by atoms with Crippen LogP contribution in [0.2, 0.25) is 0 Å². The van der Waals surface area contributed by atoms with Crippen LogP contribution >= 0.6 is 0 Å². The lowest BCUT2D eigenvalue weighted by Crippen LogP contribution is -2.20. The Hall–Kier alpha value is -3.35. The van der Waals surface area contributed by atoms with Crippen molar-refractivity contribution in [3.05, 3.63) is 59.8 Å². The predicted octanol–water partition coefficient (Wildman–Crippen LogP) is 1.78. The fraction of sp³-hybridized carbons (Fsp3) is 0.118. The third-order valence-electron chi connectivity index (χ3n) is 3.35. The van der Waals surface area contributed by atoms with Crippen LogP contribution in [0.1, 0.15) is 15.9 Å². The normalized spacial score (nSPS) is 10.5. The number of nitrogens with zero attached hydrogens (tertiary/aromatic N) is 1. The molecule has 0 fully saturated rings. The van der Waals surface area contributed by atoms with Crippen LogP contribution in [0.15, 0.2) is 48.7 Å². The van der Waals surface area contributed by atoms with Gasteiger partial charge in [-0.15, -0.1) is 0 Å². The van der Waals surface area contributed by atoms with Crippen LogP contribution in [0.4, 0.5) is 0 Å². The second kappa shape index (κ2) is 6.82. The van der Waals surface area contributed by atoms with Crippen LogP contribution in [0, 0.1) is 0 Å². The molecule has 0 unspecified atom stereocenters. The Morgan fingerprint density at radius 2 is 2.00 bits per heavy atom. The molecule has 3 N–H and O–H groups in total. The maximum Gasteiger partial charge on any atom is 0.340 e. The maximum absolute atomic E-state index is 12.3. The summed E-state index contributed by atoms with van der Waals surface area (Å²) >= 11 is 0. The van der Waals surface area contributed by atoms with E-state index in [1.807, 2.05) is 6.07 Å². The molecule has 0 radical (unpaired) electrons. The molecule has 0 saturated carbocycles. The summed E-state index contributed by atoms with van der Waals surface area (Å²) in [6, 6.07) is 12.2. The summed E-state index contributed by atoms with van der Waals surface area (Å²) in [6.07, 6.45) is 1.64. The zero-order chi connectivity index (χ0) is 16.9. The van der Waals surface area contributed by atoms with E-state index in [0.29, 0.717) is 16.8 Å². The van der Waals surface area contributed by atoms with Gasteiger partial charge in [-0.1, -0.05) is 24.3 Å². The molecule has 1 amide bonds. The molecule has 0 aliphatic rings. The highest BCUT2D eigenvalue weighted by Gasteiger charge is 2.13. The van der Waals surface area contributed by atoms with Gasteiger partial charge in [0, 0.05) is 5.39 Å². The fourth-order valence-corrected chi connectivity index (χ4v) is 2.25. The second-order valence-electron chi connectivity index (χ2n) is 5.12. The van der Waals surface area contributed by atoms with Gasteiger partial charge in [0.25, 0.3) is 5.91 Å². The van der Waals surface area contributed by atoms with Crippen molar-refractivity contribution in [3.8, 4) is 5.75 Å². The molecule has 3 aromatic rings. The van der Waals surface area contributed by atoms with Crippen LogP contribution in [-0.2, 0) is 16.1 Å². The Morgan fingerprint density at radius 1 is 1.17 bits per heavy atom. The number of rotatable bonds is 6. The molecular formula is C17H15N3O4. The van der Waals surface area contributed by atoms with E-state index in [9.17, 15) is 9.59 Å². The molecule has 24 heavy (non-hydrogen) atoms. The number of carbonyl (C=O) groups excluding carboxylic acids is 2. The van der Waals surface area contributed by atoms with Gasteiger partial charge < -0.3 is 15.2 Å². The number of nitrogens with two attached hydrogens (primary N) is 1. The standard InChI is InChI=1S/C17H15N3O4/c18-15(21)10-23-13-5-1-3-11(7-13)9-24-17(22)14-6-2-4-12-8-19-20-16(12)14/h1-8H,9-10H2,(H2,18,21)(H,19,20). The number of carbonyl (C=O) groups is 2. The number of esters is 1. The summed E-state index contributed by atoms with van der Waals surface area (Å²) in [4.78, 5) is 23.0. The van der Waals surface area contributed by atoms with Gasteiger partial charge in [-0.05, 0) is 23.8 Å². The molecule has 0 aliphatic heterocycles. The Bertz CT molecular complexity index is 888. The van der Waals surface area contributed by atoms with Crippen LogP contribution in [0.5, 0.6) is 5.75 Å². The molecular weight excluding hydrogens is 310 g/mol. The summed E-state index contributed by atoms with van der Waals surface area (Å²) in [7, 11) is 0. The van der Waals surface area contributed by atoms with Gasteiger partial charge in [0.15, 0.2) is 6.61 Å². The Kier molecular flexibility index (Phi) is 4.42. The van der Waals surface area contributed by atoms with E-state index in [1.165, 1.54) is 0 Å². The van der Waals surface area contributed by atoms with E-state index in [4.69, 9.17) is 15.2 Å². The average molecular weight is 325 g/mol. The van der Waals surface area contributed by atoms with E-state index in [-0.39, 0.29) is 13.2 Å². The average Bonchev–Trinajstić information content (AvgIpc) is 3.07. The highest BCUT2D eigenvalue weighted by Crippen LogP contribution is 2.18. The first-order valence-corrected chi connectivity index (χ1v) is 7.23. The minimum Gasteiger partial charge on any atom is -0.484 e. The molecule has 7 nitrogen and oxygen atoms in total. The highest BCUT2D eigenvalue weighted by molar-refractivity contribution is 6.02. The largest absolute Gasteiger partial charge is 0.484 e. The van der Waals surface area contributed by atoms with E-state index >= 15 is 0 Å². The monoisotopic (exact) mass is 325 g/mol. The number of hydrogen-bond donors (Lipinski definition) is 2. The first kappa shape index (κ1) is 15.5. The van der Waals surface area contributed by atoms with Gasteiger partial charge >= 0.3 is 5.97 Å². The van der Waals surface area contributed by atoms with E-state index in [0.717, 1.165) is 10.9 Å². The molecule has 1 heterocycles. The molecule has 122 valence electrons. The predicted molar refractivity (Wildman–Crippen MR) is 86.3 cm³/mol. The summed E-state index contributed by atoms with van der Waals surface area (Å²) in [5, 5.41) is 7.55. The van der Waals surface area contributed by atoms with Crippen LogP contribution < -0.4 is 10.5 Å². The lowest BCUT2D eigenvalue weighted by Gasteiger charge is -2.08. The molecule has 1 aromatic heterocycles. The molecule has 0 spiro atoms. The van der Waals surface area contributed by atoms with Gasteiger partial charge in [-0.25, -0.2) is 4.79 Å². The molecule has 7 heteroatoms. The third-order valence-corrected chi connectivity index (χ3v) is 3.35. The zero-order valence-corrected chi connectivity index (χ0v) is 12.7. The van der Waals surface area contributed by atoms with Gasteiger partial charge in [0.05, 0.1) is 17.3 Å². The number of ether oxygens (including phenoxy) is 2. The van der Waals surface area contributed by atoms with Gasteiger partial charge in [0.2, 0.25) is 0 Å². The van der Waals surface area contributed by atoms with Gasteiger partial charge in [-0.2, -0.15) is 5.10 Å². The Labute approximate surface area is 137 Å². The topological polar surface area (TPSA) is 107 Å². The van der Waals surface area contributed by atoms with Crippen LogP contribution in [0.25, 0.3) is 10.9 Å². The van der Waals surface area contributed by atoms with Crippen molar-refractivity contribution in [2.24, 2.45) is 5.73 Å². The maximum atomic E-state index is 12.3. The molecule has 0 saturated heterocycles. The third kappa shape index (κ3) is 3.52. The summed E-state index contributed by atoms with van der Waals surface area (Å²) in [6.45, 7) is -0.123. The number of benzene rings is 2. The van der Waals surface area contributed by atoms with Gasteiger partial charge in [0.1, 0.15) is 12.4 Å². The fourth-order valence-electron chi connectivity index (χ4n) is 2.25. The number of amides is 1. The number of hydrogen-bond acceptors (Lipinski definition) is 5. The lowest BCUT2D eigenvalue weighted by molar-refractivity contribution is -0.119. The van der Waals surface area contributed by atoms with E-state index < -0.39 is 11.9 Å². The number of aromatic amines is 1. The number of H-pyrrole nitrogens is 1. The Balaban J connectivity index is 1.67. The first-order chi connectivity index (χ1) is 11.6. The second-order valence-corrected chi connectivity index (χ2v) is 5.12. The number of fused-ring (bicyclic) bond motifs is 1. The van der Waals surface area contributed by atoms with Crippen LogP contribution in [-0.4, -0.2) is 28.7 Å². The van der Waals surface area contributed by atoms with Crippen molar-refractivity contribution in [3.63, 3.8) is 0 Å². The highest BCUT2D eigenvalue weighted by atomic mass is 16.5. The molecule has 3 rings (SSSR count). The lowest BCUT2D eigenvalue weighted by atomic mass is 10.1. The minimum absolute atomic E-state index is 0.0805. The van der Waals surface area contributed by atoms with Crippen molar-refractivity contribution < 1.29 is 19.1 Å². The summed E-state index contributed by atoms with van der Waals surface area (Å²) < 4.78 is 10.6. The minimum atomic E-state index is -0.556. The molecule has 0 atom stereocenters.